The molecule has 0 saturated carbocycles. The maximum absolute atomic E-state index is 12.0. The van der Waals surface area contributed by atoms with Crippen LogP contribution < -0.4 is 11.2 Å². The van der Waals surface area contributed by atoms with Crippen LogP contribution in [0.4, 0.5) is 0 Å². The second kappa shape index (κ2) is 5.66. The molecule has 22 heavy (non-hydrogen) atoms. The molecule has 0 aliphatic heterocycles. The predicted molar refractivity (Wildman–Crippen MR) is 76.6 cm³/mol. The average molecular weight is 345 g/mol. The summed E-state index contributed by atoms with van der Waals surface area (Å²) in [5.41, 5.74) is -4.77. The van der Waals surface area contributed by atoms with Gasteiger partial charge in [-0.15, -0.1) is 0 Å². The Labute approximate surface area is 131 Å². The Balaban J connectivity index is 3.05. The van der Waals surface area contributed by atoms with E-state index in [1.807, 2.05) is 0 Å². The largest absolute Gasteiger partial charge is 0.477 e. The van der Waals surface area contributed by atoms with Crippen LogP contribution in [0.25, 0.3) is 5.69 Å². The molecule has 1 heterocycles. The second-order valence-corrected chi connectivity index (χ2v) is 4.87. The van der Waals surface area contributed by atoms with E-state index in [0.29, 0.717) is 4.57 Å². The molecule has 0 unspecified atom stereocenters. The van der Waals surface area contributed by atoms with Gasteiger partial charge in [0.1, 0.15) is 0 Å². The van der Waals surface area contributed by atoms with Gasteiger partial charge < -0.3 is 10.2 Å². The standard InChI is InChI=1S/C12H6Cl2N2O6/c13-4-1-2-5(14)6(3-4)16-8(11(20)21)7(10(18)19)9(17)15-12(16)22/h1-3H,(H,18,19)(H,20,21)(H,15,17,22). The van der Waals surface area contributed by atoms with Gasteiger partial charge in [-0.2, -0.15) is 0 Å². The predicted octanol–water partition coefficient (Wildman–Crippen LogP) is 1.23. The molecule has 1 aromatic carbocycles. The van der Waals surface area contributed by atoms with E-state index in [-0.39, 0.29) is 15.7 Å². The van der Waals surface area contributed by atoms with Crippen molar-refractivity contribution >= 4 is 35.1 Å². The van der Waals surface area contributed by atoms with Gasteiger partial charge in [-0.3, -0.25) is 14.3 Å². The number of hydrogen-bond donors (Lipinski definition) is 3. The highest BCUT2D eigenvalue weighted by molar-refractivity contribution is 6.34. The zero-order chi connectivity index (χ0) is 16.6. The van der Waals surface area contributed by atoms with E-state index in [0.717, 1.165) is 0 Å². The number of carbonyl (C=O) groups is 2. The van der Waals surface area contributed by atoms with Crippen molar-refractivity contribution in [2.45, 2.75) is 0 Å². The fourth-order valence-electron chi connectivity index (χ4n) is 1.82. The number of nitrogens with one attached hydrogen (secondary N) is 1. The second-order valence-electron chi connectivity index (χ2n) is 4.02. The maximum Gasteiger partial charge on any atom is 0.354 e. The molecule has 0 radical (unpaired) electrons. The van der Waals surface area contributed by atoms with Gasteiger partial charge in [0.05, 0.1) is 10.7 Å². The Bertz CT molecular complexity index is 915. The number of benzene rings is 1. The molecule has 2 rings (SSSR count). The molecular formula is C12H6Cl2N2O6. The van der Waals surface area contributed by atoms with Gasteiger partial charge in [0.2, 0.25) is 0 Å². The number of rotatable bonds is 3. The third-order valence-corrected chi connectivity index (χ3v) is 3.23. The van der Waals surface area contributed by atoms with Crippen LogP contribution in [0, 0.1) is 0 Å². The number of aromatic amines is 1. The first-order chi connectivity index (χ1) is 10.2. The number of hydrogen-bond acceptors (Lipinski definition) is 4. The smallest absolute Gasteiger partial charge is 0.354 e. The van der Waals surface area contributed by atoms with Crippen LogP contribution in [0.15, 0.2) is 27.8 Å². The third-order valence-electron chi connectivity index (χ3n) is 2.68. The van der Waals surface area contributed by atoms with Crippen molar-refractivity contribution in [2.24, 2.45) is 0 Å². The van der Waals surface area contributed by atoms with Crippen molar-refractivity contribution in [1.82, 2.24) is 9.55 Å². The minimum absolute atomic E-state index is 0.0580. The summed E-state index contributed by atoms with van der Waals surface area (Å²) >= 11 is 11.7. The van der Waals surface area contributed by atoms with Crippen molar-refractivity contribution < 1.29 is 19.8 Å². The van der Waals surface area contributed by atoms with Gasteiger partial charge in [0.15, 0.2) is 11.3 Å². The molecule has 114 valence electrons. The summed E-state index contributed by atoms with van der Waals surface area (Å²) in [4.78, 5) is 47.8. The number of carboxylic acids is 2. The van der Waals surface area contributed by atoms with Crippen LogP contribution in [-0.2, 0) is 0 Å². The summed E-state index contributed by atoms with van der Waals surface area (Å²) in [6, 6.07) is 3.85. The van der Waals surface area contributed by atoms with Gasteiger partial charge in [-0.1, -0.05) is 23.2 Å². The van der Waals surface area contributed by atoms with Gasteiger partial charge in [-0.25, -0.2) is 14.4 Å². The first kappa shape index (κ1) is 15.8. The van der Waals surface area contributed by atoms with Crippen LogP contribution >= 0.6 is 23.2 Å². The first-order valence-electron chi connectivity index (χ1n) is 5.55. The maximum atomic E-state index is 12.0. The number of aromatic nitrogens is 2. The van der Waals surface area contributed by atoms with Crippen molar-refractivity contribution in [3.05, 3.63) is 60.3 Å². The Kier molecular flexibility index (Phi) is 4.07. The van der Waals surface area contributed by atoms with E-state index < -0.39 is 34.4 Å². The normalized spacial score (nSPS) is 10.5. The fraction of sp³-hybridized carbons (Fsp3) is 0. The number of halogens is 2. The molecule has 8 nitrogen and oxygen atoms in total. The van der Waals surface area contributed by atoms with E-state index in [1.54, 1.807) is 4.98 Å². The Morgan fingerprint density at radius 1 is 1.09 bits per heavy atom. The average Bonchev–Trinajstić information content (AvgIpc) is 2.40. The molecular weight excluding hydrogens is 339 g/mol. The van der Waals surface area contributed by atoms with E-state index in [1.165, 1.54) is 18.2 Å². The molecule has 2 aromatic rings. The Hall–Kier alpha value is -2.58. The van der Waals surface area contributed by atoms with E-state index >= 15 is 0 Å². The van der Waals surface area contributed by atoms with Gasteiger partial charge in [0.25, 0.3) is 5.56 Å². The number of carboxylic acid groups (broad SMARTS) is 2. The van der Waals surface area contributed by atoms with Crippen LogP contribution in [0.2, 0.25) is 10.0 Å². The highest BCUT2D eigenvalue weighted by Crippen LogP contribution is 2.24. The van der Waals surface area contributed by atoms with Crippen LogP contribution in [0.3, 0.4) is 0 Å². The van der Waals surface area contributed by atoms with Crippen LogP contribution in [0.1, 0.15) is 20.8 Å². The molecule has 0 aliphatic rings. The molecule has 0 fully saturated rings. The zero-order valence-electron chi connectivity index (χ0n) is 10.5. The number of aromatic carboxylic acids is 2. The molecule has 0 bridgehead atoms. The molecule has 0 atom stereocenters. The van der Waals surface area contributed by atoms with Crippen molar-refractivity contribution in [1.29, 1.82) is 0 Å². The minimum atomic E-state index is -1.80. The van der Waals surface area contributed by atoms with Crippen molar-refractivity contribution in [3.8, 4) is 5.69 Å². The third kappa shape index (κ3) is 2.61. The summed E-state index contributed by atoms with van der Waals surface area (Å²) in [5, 5.41) is 18.3. The van der Waals surface area contributed by atoms with Gasteiger partial charge >= 0.3 is 17.6 Å². The lowest BCUT2D eigenvalue weighted by atomic mass is 10.2. The lowest BCUT2D eigenvalue weighted by Gasteiger charge is -2.13. The van der Waals surface area contributed by atoms with E-state index in [9.17, 15) is 24.3 Å². The monoisotopic (exact) mass is 344 g/mol. The number of H-pyrrole nitrogens is 1. The van der Waals surface area contributed by atoms with Gasteiger partial charge in [0, 0.05) is 5.02 Å². The quantitative estimate of drug-likeness (QED) is 0.767. The van der Waals surface area contributed by atoms with Crippen LogP contribution in [-0.4, -0.2) is 31.7 Å². The van der Waals surface area contributed by atoms with Crippen molar-refractivity contribution in [3.63, 3.8) is 0 Å². The molecule has 0 amide bonds. The Morgan fingerprint density at radius 2 is 1.73 bits per heavy atom. The summed E-state index contributed by atoms with van der Waals surface area (Å²) in [6.07, 6.45) is 0. The van der Waals surface area contributed by atoms with Crippen LogP contribution in [0.5, 0.6) is 0 Å². The highest BCUT2D eigenvalue weighted by atomic mass is 35.5. The van der Waals surface area contributed by atoms with E-state index in [2.05, 4.69) is 0 Å². The SMILES string of the molecule is O=C(O)c1c(C(=O)O)n(-c2cc(Cl)ccc2Cl)c(=O)[nH]c1=O. The summed E-state index contributed by atoms with van der Waals surface area (Å²) < 4.78 is 0.474. The minimum Gasteiger partial charge on any atom is -0.477 e. The first-order valence-corrected chi connectivity index (χ1v) is 6.31. The summed E-state index contributed by atoms with van der Waals surface area (Å²) in [5.74, 6) is -3.58. The molecule has 0 spiro atoms. The molecule has 0 aliphatic carbocycles. The molecule has 1 aromatic heterocycles. The highest BCUT2D eigenvalue weighted by Gasteiger charge is 2.27. The van der Waals surface area contributed by atoms with E-state index in [4.69, 9.17) is 28.3 Å². The molecule has 0 saturated heterocycles. The molecule has 10 heteroatoms. The Morgan fingerprint density at radius 3 is 2.27 bits per heavy atom. The summed E-state index contributed by atoms with van der Waals surface area (Å²) in [6.45, 7) is 0. The molecule has 3 N–H and O–H groups in total. The zero-order valence-corrected chi connectivity index (χ0v) is 12.0. The fourth-order valence-corrected chi connectivity index (χ4v) is 2.19. The van der Waals surface area contributed by atoms with Crippen molar-refractivity contribution in [2.75, 3.05) is 0 Å². The lowest BCUT2D eigenvalue weighted by Crippen LogP contribution is -2.38. The lowest BCUT2D eigenvalue weighted by molar-refractivity contribution is 0.0640. The summed E-state index contributed by atoms with van der Waals surface area (Å²) in [7, 11) is 0. The number of nitrogens with zero attached hydrogens (tertiary/aromatic N) is 1. The topological polar surface area (TPSA) is 129 Å². The van der Waals surface area contributed by atoms with Gasteiger partial charge in [-0.05, 0) is 18.2 Å².